The maximum atomic E-state index is 5.40. The van der Waals surface area contributed by atoms with Crippen molar-refractivity contribution in [2.24, 2.45) is 5.73 Å². The average molecular weight is 188 g/mol. The summed E-state index contributed by atoms with van der Waals surface area (Å²) in [5, 5.41) is 0. The van der Waals surface area contributed by atoms with Crippen molar-refractivity contribution in [1.82, 2.24) is 4.90 Å². The molecule has 0 rings (SSSR count). The van der Waals surface area contributed by atoms with E-state index in [2.05, 4.69) is 25.8 Å². The molecule has 0 saturated heterocycles. The molecule has 1 unspecified atom stereocenters. The summed E-state index contributed by atoms with van der Waals surface area (Å²) in [6, 6.07) is 0.663. The standard InChI is InChI=1S/C9H20N2S/c1-4-8(2)11(3)7-5-6-9(10)12/h8H,4-7H2,1-3H3,(H2,10,12). The van der Waals surface area contributed by atoms with E-state index in [1.807, 2.05) is 0 Å². The lowest BCUT2D eigenvalue weighted by Crippen LogP contribution is -2.29. The SMILES string of the molecule is CCC(C)N(C)CCCC(N)=S. The van der Waals surface area contributed by atoms with Crippen molar-refractivity contribution in [2.75, 3.05) is 13.6 Å². The normalized spacial score (nSPS) is 13.3. The zero-order valence-corrected chi connectivity index (χ0v) is 9.16. The van der Waals surface area contributed by atoms with Gasteiger partial charge in [-0.15, -0.1) is 0 Å². The Morgan fingerprint density at radius 3 is 2.58 bits per heavy atom. The Morgan fingerprint density at radius 1 is 1.58 bits per heavy atom. The zero-order chi connectivity index (χ0) is 9.56. The molecule has 0 aliphatic carbocycles. The summed E-state index contributed by atoms with van der Waals surface area (Å²) in [5.74, 6) is 0. The third kappa shape index (κ3) is 5.49. The van der Waals surface area contributed by atoms with E-state index in [0.717, 1.165) is 19.4 Å². The molecule has 0 radical (unpaired) electrons. The van der Waals surface area contributed by atoms with Crippen LogP contribution in [0.25, 0.3) is 0 Å². The first kappa shape index (κ1) is 11.8. The van der Waals surface area contributed by atoms with E-state index in [9.17, 15) is 0 Å². The predicted octanol–water partition coefficient (Wildman–Crippen LogP) is 1.78. The van der Waals surface area contributed by atoms with Crippen LogP contribution in [-0.2, 0) is 0 Å². The van der Waals surface area contributed by atoms with Gasteiger partial charge < -0.3 is 10.6 Å². The fourth-order valence-corrected chi connectivity index (χ4v) is 1.18. The molecule has 0 saturated carbocycles. The van der Waals surface area contributed by atoms with Crippen LogP contribution in [0.1, 0.15) is 33.1 Å². The second kappa shape index (κ2) is 6.38. The molecule has 12 heavy (non-hydrogen) atoms. The van der Waals surface area contributed by atoms with Crippen LogP contribution in [0.3, 0.4) is 0 Å². The molecule has 0 bridgehead atoms. The fraction of sp³-hybridized carbons (Fsp3) is 0.889. The first-order valence-electron chi connectivity index (χ1n) is 4.56. The van der Waals surface area contributed by atoms with Gasteiger partial charge in [0.15, 0.2) is 0 Å². The highest BCUT2D eigenvalue weighted by Gasteiger charge is 2.05. The summed E-state index contributed by atoms with van der Waals surface area (Å²) >= 11 is 4.80. The van der Waals surface area contributed by atoms with Gasteiger partial charge in [0.1, 0.15) is 0 Å². The Labute approximate surface area is 81.1 Å². The van der Waals surface area contributed by atoms with E-state index in [-0.39, 0.29) is 0 Å². The lowest BCUT2D eigenvalue weighted by molar-refractivity contribution is 0.250. The zero-order valence-electron chi connectivity index (χ0n) is 8.34. The van der Waals surface area contributed by atoms with Crippen molar-refractivity contribution < 1.29 is 0 Å². The van der Waals surface area contributed by atoms with Gasteiger partial charge in [0.2, 0.25) is 0 Å². The lowest BCUT2D eigenvalue weighted by atomic mass is 10.2. The van der Waals surface area contributed by atoms with Crippen LogP contribution in [0, 0.1) is 0 Å². The third-order valence-electron chi connectivity index (χ3n) is 2.28. The average Bonchev–Trinajstić information content (AvgIpc) is 2.02. The van der Waals surface area contributed by atoms with Crippen LogP contribution in [0.2, 0.25) is 0 Å². The largest absolute Gasteiger partial charge is 0.393 e. The molecule has 72 valence electrons. The number of nitrogens with two attached hydrogens (primary N) is 1. The number of nitrogens with zero attached hydrogens (tertiary/aromatic N) is 1. The molecule has 0 aromatic carbocycles. The molecule has 2 nitrogen and oxygen atoms in total. The summed E-state index contributed by atoms with van der Waals surface area (Å²) in [6.07, 6.45) is 3.15. The van der Waals surface area contributed by atoms with E-state index >= 15 is 0 Å². The first-order valence-corrected chi connectivity index (χ1v) is 4.97. The van der Waals surface area contributed by atoms with Gasteiger partial charge in [-0.25, -0.2) is 0 Å². The molecule has 1 atom stereocenters. The third-order valence-corrected chi connectivity index (χ3v) is 2.48. The van der Waals surface area contributed by atoms with E-state index in [1.165, 1.54) is 6.42 Å². The van der Waals surface area contributed by atoms with Crippen molar-refractivity contribution in [3.8, 4) is 0 Å². The van der Waals surface area contributed by atoms with Gasteiger partial charge in [0.25, 0.3) is 0 Å². The molecule has 0 fully saturated rings. The predicted molar refractivity (Wildman–Crippen MR) is 58.4 cm³/mol. The van der Waals surface area contributed by atoms with E-state index in [4.69, 9.17) is 18.0 Å². The summed E-state index contributed by atoms with van der Waals surface area (Å²) < 4.78 is 0. The van der Waals surface area contributed by atoms with Crippen LogP contribution < -0.4 is 5.73 Å². The van der Waals surface area contributed by atoms with Crippen molar-refractivity contribution >= 4 is 17.2 Å². The van der Waals surface area contributed by atoms with Crippen molar-refractivity contribution in [3.05, 3.63) is 0 Å². The van der Waals surface area contributed by atoms with Crippen LogP contribution in [0.15, 0.2) is 0 Å². The fourth-order valence-electron chi connectivity index (χ4n) is 1.03. The van der Waals surface area contributed by atoms with Gasteiger partial charge in [0.05, 0.1) is 4.99 Å². The Morgan fingerprint density at radius 2 is 2.17 bits per heavy atom. The van der Waals surface area contributed by atoms with Gasteiger partial charge in [0, 0.05) is 6.04 Å². The lowest BCUT2D eigenvalue weighted by Gasteiger charge is -2.23. The molecule has 0 amide bonds. The Hall–Kier alpha value is -0.150. The Bertz CT molecular complexity index is 136. The smallest absolute Gasteiger partial charge is 0.0727 e. The highest BCUT2D eigenvalue weighted by molar-refractivity contribution is 7.80. The number of hydrogen-bond donors (Lipinski definition) is 1. The monoisotopic (exact) mass is 188 g/mol. The minimum atomic E-state index is 0.632. The number of rotatable bonds is 6. The molecule has 0 aromatic rings. The van der Waals surface area contributed by atoms with Crippen LogP contribution >= 0.6 is 12.2 Å². The van der Waals surface area contributed by atoms with Gasteiger partial charge in [-0.05, 0) is 39.8 Å². The van der Waals surface area contributed by atoms with Crippen molar-refractivity contribution in [3.63, 3.8) is 0 Å². The highest BCUT2D eigenvalue weighted by Crippen LogP contribution is 2.01. The quantitative estimate of drug-likeness (QED) is 0.644. The summed E-state index contributed by atoms with van der Waals surface area (Å²) in [4.78, 5) is 2.98. The second-order valence-corrected chi connectivity index (χ2v) is 3.83. The van der Waals surface area contributed by atoms with Crippen LogP contribution in [0.5, 0.6) is 0 Å². The summed E-state index contributed by atoms with van der Waals surface area (Å²) in [6.45, 7) is 5.53. The maximum absolute atomic E-state index is 5.40. The van der Waals surface area contributed by atoms with Crippen LogP contribution in [0.4, 0.5) is 0 Å². The van der Waals surface area contributed by atoms with Gasteiger partial charge in [-0.3, -0.25) is 0 Å². The van der Waals surface area contributed by atoms with Crippen molar-refractivity contribution in [1.29, 1.82) is 0 Å². The Balaban J connectivity index is 3.43. The summed E-state index contributed by atoms with van der Waals surface area (Å²) in [5.41, 5.74) is 5.40. The highest BCUT2D eigenvalue weighted by atomic mass is 32.1. The molecule has 0 aliphatic rings. The molecular formula is C9H20N2S. The van der Waals surface area contributed by atoms with Gasteiger partial charge >= 0.3 is 0 Å². The Kier molecular flexibility index (Phi) is 6.30. The maximum Gasteiger partial charge on any atom is 0.0727 e. The molecular weight excluding hydrogens is 168 g/mol. The molecule has 3 heteroatoms. The van der Waals surface area contributed by atoms with Crippen molar-refractivity contribution in [2.45, 2.75) is 39.2 Å². The molecule has 2 N–H and O–H groups in total. The molecule has 0 aromatic heterocycles. The second-order valence-electron chi connectivity index (χ2n) is 3.31. The summed E-state index contributed by atoms with van der Waals surface area (Å²) in [7, 11) is 2.15. The topological polar surface area (TPSA) is 29.3 Å². The van der Waals surface area contributed by atoms with Gasteiger partial charge in [-0.1, -0.05) is 19.1 Å². The minimum Gasteiger partial charge on any atom is -0.393 e. The van der Waals surface area contributed by atoms with E-state index in [0.29, 0.717) is 11.0 Å². The number of hydrogen-bond acceptors (Lipinski definition) is 2. The molecule has 0 spiro atoms. The van der Waals surface area contributed by atoms with E-state index < -0.39 is 0 Å². The van der Waals surface area contributed by atoms with E-state index in [1.54, 1.807) is 0 Å². The van der Waals surface area contributed by atoms with Gasteiger partial charge in [-0.2, -0.15) is 0 Å². The molecule has 0 heterocycles. The number of thiocarbonyl (C=S) groups is 1. The molecule has 0 aliphatic heterocycles. The first-order chi connectivity index (χ1) is 5.57. The minimum absolute atomic E-state index is 0.632. The van der Waals surface area contributed by atoms with Crippen LogP contribution in [-0.4, -0.2) is 29.5 Å².